The number of nitrogen functional groups attached to an aromatic ring is 1. The summed E-state index contributed by atoms with van der Waals surface area (Å²) in [7, 11) is 0. The van der Waals surface area contributed by atoms with Crippen molar-refractivity contribution in [2.45, 2.75) is 51.5 Å². The number of nitrogens with zero attached hydrogens (tertiary/aromatic N) is 2. The molecule has 0 atom stereocenters. The van der Waals surface area contributed by atoms with Crippen molar-refractivity contribution in [1.29, 1.82) is 0 Å². The van der Waals surface area contributed by atoms with E-state index < -0.39 is 0 Å². The first-order valence-corrected chi connectivity index (χ1v) is 6.05. The lowest BCUT2D eigenvalue weighted by Gasteiger charge is -2.18. The van der Waals surface area contributed by atoms with E-state index >= 15 is 0 Å². The molecule has 0 unspecified atom stereocenters. The molecule has 4 heteroatoms. The molecule has 2 rings (SSSR count). The Labute approximate surface area is 96.7 Å². The fourth-order valence-corrected chi connectivity index (χ4v) is 2.36. The second-order valence-corrected chi connectivity index (χ2v) is 4.80. The Kier molecular flexibility index (Phi) is 3.27. The van der Waals surface area contributed by atoms with Gasteiger partial charge in [-0.25, -0.2) is 9.97 Å². The normalized spacial score (nSPS) is 16.9. The van der Waals surface area contributed by atoms with Crippen LogP contribution in [-0.2, 0) is 0 Å². The van der Waals surface area contributed by atoms with Crippen LogP contribution < -0.4 is 11.1 Å². The van der Waals surface area contributed by atoms with Crippen molar-refractivity contribution in [2.24, 2.45) is 0 Å². The maximum absolute atomic E-state index is 5.91. The summed E-state index contributed by atoms with van der Waals surface area (Å²) in [4.78, 5) is 8.38. The predicted octanol–water partition coefficient (Wildman–Crippen LogP) is 2.54. The molecule has 1 heterocycles. The van der Waals surface area contributed by atoms with Crippen molar-refractivity contribution < 1.29 is 0 Å². The SMILES string of the molecule is CC(C)c1c(N)ncnc1NC1CCCC1. The van der Waals surface area contributed by atoms with E-state index in [-0.39, 0.29) is 0 Å². The summed E-state index contributed by atoms with van der Waals surface area (Å²) in [5.74, 6) is 1.88. The first kappa shape index (κ1) is 11.2. The van der Waals surface area contributed by atoms with Gasteiger partial charge in [-0.1, -0.05) is 26.7 Å². The number of anilines is 2. The molecular weight excluding hydrogens is 200 g/mol. The number of hydrogen-bond donors (Lipinski definition) is 2. The van der Waals surface area contributed by atoms with Crippen LogP contribution in [0.15, 0.2) is 6.33 Å². The first-order chi connectivity index (χ1) is 7.68. The Hall–Kier alpha value is -1.32. The Morgan fingerprint density at radius 3 is 2.62 bits per heavy atom. The van der Waals surface area contributed by atoms with Gasteiger partial charge >= 0.3 is 0 Å². The van der Waals surface area contributed by atoms with E-state index in [2.05, 4.69) is 29.1 Å². The number of rotatable bonds is 3. The summed E-state index contributed by atoms with van der Waals surface area (Å²) in [5.41, 5.74) is 6.96. The maximum atomic E-state index is 5.91. The van der Waals surface area contributed by atoms with E-state index in [1.165, 1.54) is 25.7 Å². The van der Waals surface area contributed by atoms with Gasteiger partial charge in [0.1, 0.15) is 18.0 Å². The van der Waals surface area contributed by atoms with Gasteiger partial charge in [0.15, 0.2) is 0 Å². The van der Waals surface area contributed by atoms with Crippen molar-refractivity contribution in [3.8, 4) is 0 Å². The number of nitrogens with one attached hydrogen (secondary N) is 1. The molecule has 3 N–H and O–H groups in total. The molecule has 4 nitrogen and oxygen atoms in total. The summed E-state index contributed by atoms with van der Waals surface area (Å²) in [6, 6.07) is 0.562. The average molecular weight is 220 g/mol. The van der Waals surface area contributed by atoms with Gasteiger partial charge in [0.25, 0.3) is 0 Å². The monoisotopic (exact) mass is 220 g/mol. The highest BCUT2D eigenvalue weighted by atomic mass is 15.1. The standard InChI is InChI=1S/C12H20N4/c1-8(2)10-11(13)14-7-15-12(10)16-9-5-3-4-6-9/h7-9H,3-6H2,1-2H3,(H3,13,14,15,16). The third-order valence-corrected chi connectivity index (χ3v) is 3.19. The van der Waals surface area contributed by atoms with Crippen molar-refractivity contribution in [3.63, 3.8) is 0 Å². The number of hydrogen-bond acceptors (Lipinski definition) is 4. The van der Waals surface area contributed by atoms with Gasteiger partial charge in [0.2, 0.25) is 0 Å². The van der Waals surface area contributed by atoms with Gasteiger partial charge in [-0.3, -0.25) is 0 Å². The van der Waals surface area contributed by atoms with Gasteiger partial charge in [0.05, 0.1) is 0 Å². The maximum Gasteiger partial charge on any atom is 0.135 e. The quantitative estimate of drug-likeness (QED) is 0.821. The molecule has 0 spiro atoms. The summed E-state index contributed by atoms with van der Waals surface area (Å²) in [6.07, 6.45) is 6.64. The molecular formula is C12H20N4. The van der Waals surface area contributed by atoms with Crippen molar-refractivity contribution in [3.05, 3.63) is 11.9 Å². The molecule has 1 aliphatic rings. The van der Waals surface area contributed by atoms with Gasteiger partial charge in [-0.15, -0.1) is 0 Å². The van der Waals surface area contributed by atoms with Gasteiger partial charge in [-0.05, 0) is 18.8 Å². The van der Waals surface area contributed by atoms with E-state index in [4.69, 9.17) is 5.73 Å². The van der Waals surface area contributed by atoms with Crippen molar-refractivity contribution in [2.75, 3.05) is 11.1 Å². The lowest BCUT2D eigenvalue weighted by Crippen LogP contribution is -2.18. The molecule has 1 fully saturated rings. The summed E-state index contributed by atoms with van der Waals surface area (Å²) in [6.45, 7) is 4.24. The van der Waals surface area contributed by atoms with E-state index in [9.17, 15) is 0 Å². The second-order valence-electron chi connectivity index (χ2n) is 4.80. The highest BCUT2D eigenvalue weighted by Crippen LogP contribution is 2.29. The minimum Gasteiger partial charge on any atom is -0.383 e. The van der Waals surface area contributed by atoms with Crippen LogP contribution in [0.4, 0.5) is 11.6 Å². The fraction of sp³-hybridized carbons (Fsp3) is 0.667. The highest BCUT2D eigenvalue weighted by Gasteiger charge is 2.19. The van der Waals surface area contributed by atoms with Crippen LogP contribution in [0.2, 0.25) is 0 Å². The van der Waals surface area contributed by atoms with Crippen LogP contribution >= 0.6 is 0 Å². The predicted molar refractivity (Wildman–Crippen MR) is 66.4 cm³/mol. The summed E-state index contributed by atoms with van der Waals surface area (Å²) < 4.78 is 0. The molecule has 1 aromatic heterocycles. The molecule has 0 amide bonds. The zero-order valence-electron chi connectivity index (χ0n) is 10.0. The van der Waals surface area contributed by atoms with Crippen LogP contribution in [0.3, 0.4) is 0 Å². The zero-order chi connectivity index (χ0) is 11.5. The number of nitrogens with two attached hydrogens (primary N) is 1. The average Bonchev–Trinajstić information content (AvgIpc) is 2.70. The fourth-order valence-electron chi connectivity index (χ4n) is 2.36. The van der Waals surface area contributed by atoms with Crippen LogP contribution in [-0.4, -0.2) is 16.0 Å². The lowest BCUT2D eigenvalue weighted by atomic mass is 10.0. The van der Waals surface area contributed by atoms with E-state index in [1.807, 2.05) is 0 Å². The Balaban J connectivity index is 2.21. The third-order valence-electron chi connectivity index (χ3n) is 3.19. The van der Waals surface area contributed by atoms with Crippen LogP contribution in [0.5, 0.6) is 0 Å². The van der Waals surface area contributed by atoms with Gasteiger partial charge < -0.3 is 11.1 Å². The van der Waals surface area contributed by atoms with Gasteiger partial charge in [-0.2, -0.15) is 0 Å². The second kappa shape index (κ2) is 4.68. The highest BCUT2D eigenvalue weighted by molar-refractivity contribution is 5.57. The van der Waals surface area contributed by atoms with Crippen LogP contribution in [0.25, 0.3) is 0 Å². The molecule has 0 saturated heterocycles. The topological polar surface area (TPSA) is 63.8 Å². The largest absolute Gasteiger partial charge is 0.383 e. The third kappa shape index (κ3) is 2.26. The Bertz CT molecular complexity index is 356. The Morgan fingerprint density at radius 2 is 2.00 bits per heavy atom. The van der Waals surface area contributed by atoms with Crippen LogP contribution in [0.1, 0.15) is 51.0 Å². The minimum absolute atomic E-state index is 0.352. The van der Waals surface area contributed by atoms with E-state index in [0.29, 0.717) is 17.8 Å². The molecule has 1 aliphatic carbocycles. The molecule has 88 valence electrons. The molecule has 1 aromatic rings. The van der Waals surface area contributed by atoms with E-state index in [0.717, 1.165) is 11.4 Å². The van der Waals surface area contributed by atoms with Gasteiger partial charge in [0, 0.05) is 11.6 Å². The van der Waals surface area contributed by atoms with E-state index in [1.54, 1.807) is 6.33 Å². The minimum atomic E-state index is 0.352. The zero-order valence-corrected chi connectivity index (χ0v) is 10.0. The smallest absolute Gasteiger partial charge is 0.135 e. The molecule has 0 bridgehead atoms. The number of aromatic nitrogens is 2. The molecule has 0 aliphatic heterocycles. The Morgan fingerprint density at radius 1 is 1.31 bits per heavy atom. The van der Waals surface area contributed by atoms with Crippen molar-refractivity contribution >= 4 is 11.6 Å². The van der Waals surface area contributed by atoms with Crippen LogP contribution in [0, 0.1) is 0 Å². The molecule has 0 aromatic carbocycles. The first-order valence-electron chi connectivity index (χ1n) is 6.05. The molecule has 0 radical (unpaired) electrons. The summed E-state index contributed by atoms with van der Waals surface area (Å²) >= 11 is 0. The molecule has 16 heavy (non-hydrogen) atoms. The lowest BCUT2D eigenvalue weighted by molar-refractivity contribution is 0.741. The van der Waals surface area contributed by atoms with Crippen molar-refractivity contribution in [1.82, 2.24) is 9.97 Å². The molecule has 1 saturated carbocycles. The summed E-state index contributed by atoms with van der Waals surface area (Å²) in [5, 5.41) is 3.50.